The first-order chi connectivity index (χ1) is 15.3. The number of benzene rings is 1. The third kappa shape index (κ3) is 5.53. The van der Waals surface area contributed by atoms with Crippen molar-refractivity contribution in [2.24, 2.45) is 0 Å². The Labute approximate surface area is 192 Å². The minimum atomic E-state index is -4.38. The van der Waals surface area contributed by atoms with Crippen molar-refractivity contribution in [3.05, 3.63) is 53.6 Å². The van der Waals surface area contributed by atoms with Crippen LogP contribution in [0.5, 0.6) is 0 Å². The second-order valence-electron chi connectivity index (χ2n) is 8.87. The molecule has 0 amide bonds. The van der Waals surface area contributed by atoms with Crippen LogP contribution in [-0.4, -0.2) is 61.0 Å². The zero-order chi connectivity index (χ0) is 22.8. The topological polar surface area (TPSA) is 33.7 Å². The van der Waals surface area contributed by atoms with Gasteiger partial charge in [0.15, 0.2) is 0 Å². The summed E-state index contributed by atoms with van der Waals surface area (Å²) in [6.45, 7) is 6.97. The van der Waals surface area contributed by atoms with E-state index in [0.717, 1.165) is 42.8 Å². The van der Waals surface area contributed by atoms with Gasteiger partial charge in [-0.15, -0.1) is 0 Å². The monoisotopic (exact) mass is 468 g/mol. The fraction of sp³-hybridized carbons (Fsp3) is 0.583. The SMILES string of the molecule is C=C/C=C1/c2cc(C(F)(F)F)ccc2CNC2(CC2)CN1CC[C@@H]1COC(CSC)CO1. The Morgan fingerprint density at radius 1 is 1.25 bits per heavy atom. The average Bonchev–Trinajstić information content (AvgIpc) is 3.53. The molecular formula is C24H31F3N2O2S. The fourth-order valence-electron chi connectivity index (χ4n) is 4.43. The number of nitrogens with one attached hydrogen (secondary N) is 1. The number of alkyl halides is 3. The van der Waals surface area contributed by atoms with E-state index >= 15 is 0 Å². The van der Waals surface area contributed by atoms with Crippen molar-refractivity contribution in [3.8, 4) is 0 Å². The molecule has 0 radical (unpaired) electrons. The van der Waals surface area contributed by atoms with Crippen LogP contribution in [-0.2, 0) is 22.2 Å². The van der Waals surface area contributed by atoms with Gasteiger partial charge >= 0.3 is 6.18 Å². The predicted molar refractivity (Wildman–Crippen MR) is 122 cm³/mol. The molecule has 4 rings (SSSR count). The number of hydrogen-bond acceptors (Lipinski definition) is 5. The maximum absolute atomic E-state index is 13.5. The number of allylic oxidation sites excluding steroid dienone is 2. The number of ether oxygens (including phenoxy) is 2. The van der Waals surface area contributed by atoms with Crippen molar-refractivity contribution < 1.29 is 22.6 Å². The lowest BCUT2D eigenvalue weighted by molar-refractivity contribution is -0.137. The van der Waals surface area contributed by atoms with E-state index in [2.05, 4.69) is 23.1 Å². The van der Waals surface area contributed by atoms with Gasteiger partial charge in [-0.05, 0) is 49.3 Å². The molecular weight excluding hydrogens is 437 g/mol. The second-order valence-corrected chi connectivity index (χ2v) is 9.78. The molecule has 1 unspecified atom stereocenters. The zero-order valence-corrected chi connectivity index (χ0v) is 19.2. The molecule has 3 aliphatic rings. The highest BCUT2D eigenvalue weighted by Gasteiger charge is 2.45. The van der Waals surface area contributed by atoms with Crippen LogP contribution in [0.15, 0.2) is 36.9 Å². The fourth-order valence-corrected chi connectivity index (χ4v) is 4.99. The summed E-state index contributed by atoms with van der Waals surface area (Å²) in [6, 6.07) is 4.05. The highest BCUT2D eigenvalue weighted by molar-refractivity contribution is 7.98. The first-order valence-corrected chi connectivity index (χ1v) is 12.5. The standard InChI is InChI=1S/C24H31F3N2O2S/c1-3-4-22-21-11-18(24(25,26)27)6-5-17(21)12-28-23(8-9-23)16-29(22)10-7-19-13-31-20(14-30-19)15-32-2/h3-6,11,19-20,28H,1,7-10,12-16H2,2H3/b22-4-/t19-,20?/m1/s1. The molecule has 1 aliphatic carbocycles. The van der Waals surface area contributed by atoms with E-state index in [9.17, 15) is 13.2 Å². The lowest BCUT2D eigenvalue weighted by Gasteiger charge is -2.37. The first-order valence-electron chi connectivity index (χ1n) is 11.1. The Bertz CT molecular complexity index is 846. The number of thioether (sulfide) groups is 1. The summed E-state index contributed by atoms with van der Waals surface area (Å²) in [4.78, 5) is 2.21. The summed E-state index contributed by atoms with van der Waals surface area (Å²) < 4.78 is 52.3. The Hall–Kier alpha value is -1.48. The molecule has 0 bridgehead atoms. The lowest BCUT2D eigenvalue weighted by atomic mass is 9.96. The summed E-state index contributed by atoms with van der Waals surface area (Å²) >= 11 is 1.74. The minimum Gasteiger partial charge on any atom is -0.373 e. The van der Waals surface area contributed by atoms with Gasteiger partial charge < -0.3 is 19.7 Å². The first kappa shape index (κ1) is 23.7. The van der Waals surface area contributed by atoms with Crippen molar-refractivity contribution in [1.82, 2.24) is 10.2 Å². The van der Waals surface area contributed by atoms with Crippen molar-refractivity contribution in [3.63, 3.8) is 0 Å². The van der Waals surface area contributed by atoms with E-state index < -0.39 is 11.7 Å². The molecule has 2 heterocycles. The maximum Gasteiger partial charge on any atom is 0.416 e. The molecule has 2 aliphatic heterocycles. The number of fused-ring (bicyclic) bond motifs is 1. The van der Waals surface area contributed by atoms with Crippen molar-refractivity contribution in [1.29, 1.82) is 0 Å². The summed E-state index contributed by atoms with van der Waals surface area (Å²) in [5, 5.41) is 3.60. The molecule has 1 spiro atoms. The van der Waals surface area contributed by atoms with Gasteiger partial charge in [0.25, 0.3) is 0 Å². The van der Waals surface area contributed by atoms with Gasteiger partial charge in [0.05, 0.1) is 31.0 Å². The normalized spacial score (nSPS) is 26.5. The highest BCUT2D eigenvalue weighted by atomic mass is 32.2. The summed E-state index contributed by atoms with van der Waals surface area (Å²) in [7, 11) is 0. The quantitative estimate of drug-likeness (QED) is 0.654. The van der Waals surface area contributed by atoms with E-state index in [1.165, 1.54) is 12.1 Å². The molecule has 1 aromatic carbocycles. The number of hydrogen-bond donors (Lipinski definition) is 1. The van der Waals surface area contributed by atoms with Gasteiger partial charge in [-0.25, -0.2) is 0 Å². The van der Waals surface area contributed by atoms with E-state index in [4.69, 9.17) is 9.47 Å². The molecule has 1 aromatic rings. The van der Waals surface area contributed by atoms with Crippen LogP contribution in [0.1, 0.15) is 36.0 Å². The lowest BCUT2D eigenvalue weighted by Crippen LogP contribution is -2.45. The molecule has 1 N–H and O–H groups in total. The van der Waals surface area contributed by atoms with Crippen LogP contribution in [0.3, 0.4) is 0 Å². The van der Waals surface area contributed by atoms with Gasteiger partial charge in [0.2, 0.25) is 0 Å². The van der Waals surface area contributed by atoms with Crippen LogP contribution in [0, 0.1) is 0 Å². The van der Waals surface area contributed by atoms with Crippen LogP contribution < -0.4 is 5.32 Å². The molecule has 1 saturated carbocycles. The van der Waals surface area contributed by atoms with Gasteiger partial charge in [-0.3, -0.25) is 0 Å². The zero-order valence-electron chi connectivity index (χ0n) is 18.4. The summed E-state index contributed by atoms with van der Waals surface area (Å²) in [5.41, 5.74) is 1.68. The number of halogens is 3. The second kappa shape index (κ2) is 9.79. The number of rotatable bonds is 6. The van der Waals surface area contributed by atoms with Gasteiger partial charge in [0, 0.05) is 42.2 Å². The molecule has 4 nitrogen and oxygen atoms in total. The average molecular weight is 469 g/mol. The smallest absolute Gasteiger partial charge is 0.373 e. The molecule has 2 atom stereocenters. The predicted octanol–water partition coefficient (Wildman–Crippen LogP) is 4.71. The third-order valence-electron chi connectivity index (χ3n) is 6.44. The van der Waals surface area contributed by atoms with Crippen molar-refractivity contribution in [2.75, 3.05) is 38.3 Å². The molecule has 2 fully saturated rings. The number of nitrogens with zero attached hydrogens (tertiary/aromatic N) is 1. The van der Waals surface area contributed by atoms with Crippen LogP contribution in [0.2, 0.25) is 0 Å². The Kier molecular flexibility index (Phi) is 7.24. The Balaban J connectivity index is 1.56. The third-order valence-corrected chi connectivity index (χ3v) is 7.14. The molecule has 176 valence electrons. The van der Waals surface area contributed by atoms with E-state index in [-0.39, 0.29) is 17.7 Å². The highest BCUT2D eigenvalue weighted by Crippen LogP contribution is 2.41. The van der Waals surface area contributed by atoms with Crippen LogP contribution in [0.25, 0.3) is 5.70 Å². The van der Waals surface area contributed by atoms with Crippen molar-refractivity contribution >= 4 is 17.5 Å². The summed E-state index contributed by atoms with van der Waals surface area (Å²) in [5.74, 6) is 0.914. The van der Waals surface area contributed by atoms with Gasteiger partial charge in [-0.2, -0.15) is 24.9 Å². The Morgan fingerprint density at radius 3 is 2.62 bits per heavy atom. The van der Waals surface area contributed by atoms with E-state index in [1.54, 1.807) is 23.9 Å². The molecule has 0 aromatic heterocycles. The van der Waals surface area contributed by atoms with Crippen LogP contribution >= 0.6 is 11.8 Å². The van der Waals surface area contributed by atoms with Crippen molar-refractivity contribution in [2.45, 2.75) is 49.7 Å². The minimum absolute atomic E-state index is 0.00683. The molecule has 1 saturated heterocycles. The molecule has 32 heavy (non-hydrogen) atoms. The van der Waals surface area contributed by atoms with E-state index in [0.29, 0.717) is 31.9 Å². The Morgan fingerprint density at radius 2 is 2.00 bits per heavy atom. The van der Waals surface area contributed by atoms with Gasteiger partial charge in [-0.1, -0.05) is 18.7 Å². The summed E-state index contributed by atoms with van der Waals surface area (Å²) in [6.07, 6.45) is 4.19. The van der Waals surface area contributed by atoms with Crippen LogP contribution in [0.4, 0.5) is 13.2 Å². The largest absolute Gasteiger partial charge is 0.416 e. The van der Waals surface area contributed by atoms with Gasteiger partial charge in [0.1, 0.15) is 0 Å². The molecule has 8 heteroatoms. The van der Waals surface area contributed by atoms with E-state index in [1.807, 2.05) is 6.08 Å². The maximum atomic E-state index is 13.5.